The quantitative estimate of drug-likeness (QED) is 0.744. The van der Waals surface area contributed by atoms with Gasteiger partial charge in [0.05, 0.1) is 12.1 Å². The van der Waals surface area contributed by atoms with E-state index in [1.807, 2.05) is 0 Å². The van der Waals surface area contributed by atoms with Crippen LogP contribution in [0.5, 0.6) is 0 Å². The summed E-state index contributed by atoms with van der Waals surface area (Å²) in [5.41, 5.74) is 2.11. The first-order valence-electron chi connectivity index (χ1n) is 4.89. The van der Waals surface area contributed by atoms with E-state index in [0.29, 0.717) is 6.42 Å². The molecule has 1 aliphatic carbocycles. The van der Waals surface area contributed by atoms with Crippen LogP contribution in [0.3, 0.4) is 0 Å². The van der Waals surface area contributed by atoms with Gasteiger partial charge in [-0.05, 0) is 31.2 Å². The van der Waals surface area contributed by atoms with Crippen LogP contribution in [0.25, 0.3) is 0 Å². The zero-order valence-electron chi connectivity index (χ0n) is 8.41. The molecule has 0 fully saturated rings. The molecule has 5 heteroatoms. The summed E-state index contributed by atoms with van der Waals surface area (Å²) in [6.45, 7) is 1.79. The molecule has 0 amide bonds. The van der Waals surface area contributed by atoms with E-state index in [1.54, 1.807) is 6.92 Å². The highest BCUT2D eigenvalue weighted by molar-refractivity contribution is 5.68. The number of nitrogens with one attached hydrogen (secondary N) is 1. The van der Waals surface area contributed by atoms with Crippen LogP contribution in [0, 0.1) is 6.92 Å². The van der Waals surface area contributed by atoms with E-state index in [0.717, 1.165) is 23.4 Å². The topological polar surface area (TPSA) is 83.0 Å². The summed E-state index contributed by atoms with van der Waals surface area (Å²) in [5.74, 6) is -0.805. The predicted molar refractivity (Wildman–Crippen MR) is 52.9 cm³/mol. The zero-order valence-corrected chi connectivity index (χ0v) is 8.41. The van der Waals surface area contributed by atoms with Crippen LogP contribution in [0.1, 0.15) is 35.7 Å². The minimum atomic E-state index is -0.807. The number of aromatic amines is 1. The zero-order chi connectivity index (χ0) is 11.0. The van der Waals surface area contributed by atoms with Crippen LogP contribution in [0.15, 0.2) is 4.79 Å². The Morgan fingerprint density at radius 1 is 1.67 bits per heavy atom. The maximum Gasteiger partial charge on any atom is 0.345 e. The van der Waals surface area contributed by atoms with E-state index in [1.165, 1.54) is 0 Å². The number of hydrogen-bond donors (Lipinski definition) is 2. The number of aliphatic carboxylic acids is 1. The van der Waals surface area contributed by atoms with Crippen LogP contribution in [0.4, 0.5) is 0 Å². The van der Waals surface area contributed by atoms with E-state index >= 15 is 0 Å². The van der Waals surface area contributed by atoms with Crippen molar-refractivity contribution in [1.82, 2.24) is 9.97 Å². The monoisotopic (exact) mass is 208 g/mol. The van der Waals surface area contributed by atoms with Crippen molar-refractivity contribution in [1.29, 1.82) is 0 Å². The molecular formula is C10H12N2O3. The van der Waals surface area contributed by atoms with Crippen molar-refractivity contribution < 1.29 is 9.90 Å². The largest absolute Gasteiger partial charge is 0.481 e. The SMILES string of the molecule is Cc1[nH]c(=O)nc2c1C(CC(=O)O)CC2. The predicted octanol–water partition coefficient (Wildman–Crippen LogP) is 0.583. The van der Waals surface area contributed by atoms with Gasteiger partial charge in [-0.25, -0.2) is 4.79 Å². The van der Waals surface area contributed by atoms with E-state index in [9.17, 15) is 9.59 Å². The summed E-state index contributed by atoms with van der Waals surface area (Å²) in [6, 6.07) is 0. The van der Waals surface area contributed by atoms with Gasteiger partial charge in [-0.3, -0.25) is 4.79 Å². The van der Waals surface area contributed by atoms with Gasteiger partial charge in [0.2, 0.25) is 0 Å². The lowest BCUT2D eigenvalue weighted by Gasteiger charge is -2.10. The Morgan fingerprint density at radius 3 is 3.07 bits per heavy atom. The lowest BCUT2D eigenvalue weighted by molar-refractivity contribution is -0.137. The van der Waals surface area contributed by atoms with E-state index in [-0.39, 0.29) is 18.0 Å². The Labute approximate surface area is 86.2 Å². The van der Waals surface area contributed by atoms with Crippen LogP contribution in [-0.2, 0) is 11.2 Å². The molecule has 1 heterocycles. The number of aryl methyl sites for hydroxylation is 2. The molecule has 1 aromatic heterocycles. The number of carboxylic acids is 1. The van der Waals surface area contributed by atoms with Crippen molar-refractivity contribution in [2.45, 2.75) is 32.1 Å². The van der Waals surface area contributed by atoms with Gasteiger partial charge in [0.15, 0.2) is 0 Å². The number of rotatable bonds is 2. The van der Waals surface area contributed by atoms with Gasteiger partial charge in [0.25, 0.3) is 0 Å². The van der Waals surface area contributed by atoms with Crippen molar-refractivity contribution in [2.75, 3.05) is 0 Å². The fourth-order valence-electron chi connectivity index (χ4n) is 2.26. The van der Waals surface area contributed by atoms with Crippen LogP contribution < -0.4 is 5.69 Å². The summed E-state index contributed by atoms with van der Waals surface area (Å²) in [7, 11) is 0. The third kappa shape index (κ3) is 1.77. The van der Waals surface area contributed by atoms with Gasteiger partial charge in [-0.15, -0.1) is 0 Å². The van der Waals surface area contributed by atoms with Gasteiger partial charge in [0, 0.05) is 5.69 Å². The lowest BCUT2D eigenvalue weighted by atomic mass is 9.98. The highest BCUT2D eigenvalue weighted by Gasteiger charge is 2.27. The summed E-state index contributed by atoms with van der Waals surface area (Å²) < 4.78 is 0. The lowest BCUT2D eigenvalue weighted by Crippen LogP contribution is -2.16. The maximum absolute atomic E-state index is 11.1. The normalized spacial score (nSPS) is 18.9. The van der Waals surface area contributed by atoms with Crippen LogP contribution >= 0.6 is 0 Å². The molecule has 1 unspecified atom stereocenters. The molecule has 5 nitrogen and oxygen atoms in total. The third-order valence-electron chi connectivity index (χ3n) is 2.80. The number of H-pyrrole nitrogens is 1. The molecule has 0 radical (unpaired) electrons. The van der Waals surface area contributed by atoms with Gasteiger partial charge in [-0.2, -0.15) is 4.98 Å². The Morgan fingerprint density at radius 2 is 2.40 bits per heavy atom. The molecule has 0 spiro atoms. The van der Waals surface area contributed by atoms with Gasteiger partial charge in [-0.1, -0.05) is 0 Å². The first-order chi connectivity index (χ1) is 7.08. The molecule has 0 aliphatic heterocycles. The molecule has 0 aromatic carbocycles. The smallest absolute Gasteiger partial charge is 0.345 e. The van der Waals surface area contributed by atoms with Gasteiger partial charge in [0.1, 0.15) is 0 Å². The summed E-state index contributed by atoms with van der Waals surface area (Å²) in [4.78, 5) is 28.2. The van der Waals surface area contributed by atoms with Crippen molar-refractivity contribution in [3.8, 4) is 0 Å². The van der Waals surface area contributed by atoms with E-state index < -0.39 is 5.97 Å². The summed E-state index contributed by atoms with van der Waals surface area (Å²) >= 11 is 0. The number of aromatic nitrogens is 2. The average molecular weight is 208 g/mol. The highest BCUT2D eigenvalue weighted by Crippen LogP contribution is 2.34. The third-order valence-corrected chi connectivity index (χ3v) is 2.80. The number of hydrogen-bond acceptors (Lipinski definition) is 3. The Kier molecular flexibility index (Phi) is 2.30. The number of nitrogens with zero attached hydrogens (tertiary/aromatic N) is 1. The minimum absolute atomic E-state index is 0.00171. The van der Waals surface area contributed by atoms with Gasteiger partial charge < -0.3 is 10.1 Å². The van der Waals surface area contributed by atoms with Crippen molar-refractivity contribution in [3.05, 3.63) is 27.4 Å². The number of fused-ring (bicyclic) bond motifs is 1. The fraction of sp³-hybridized carbons (Fsp3) is 0.500. The Bertz CT molecular complexity index is 464. The van der Waals surface area contributed by atoms with E-state index in [2.05, 4.69) is 9.97 Å². The Hall–Kier alpha value is -1.65. The molecule has 0 saturated heterocycles. The van der Waals surface area contributed by atoms with Crippen molar-refractivity contribution in [2.24, 2.45) is 0 Å². The summed E-state index contributed by atoms with van der Waals surface area (Å²) in [6.07, 6.45) is 1.59. The number of carbonyl (C=O) groups is 1. The molecule has 1 atom stereocenters. The first-order valence-corrected chi connectivity index (χ1v) is 4.89. The minimum Gasteiger partial charge on any atom is -0.481 e. The second kappa shape index (κ2) is 3.49. The van der Waals surface area contributed by atoms with E-state index in [4.69, 9.17) is 5.11 Å². The molecule has 2 rings (SSSR count). The molecule has 1 aromatic rings. The average Bonchev–Trinajstić information content (AvgIpc) is 2.46. The van der Waals surface area contributed by atoms with Gasteiger partial charge >= 0.3 is 11.7 Å². The molecular weight excluding hydrogens is 196 g/mol. The molecule has 1 aliphatic rings. The molecule has 15 heavy (non-hydrogen) atoms. The Balaban J connectivity index is 2.42. The number of carboxylic acid groups (broad SMARTS) is 1. The molecule has 2 N–H and O–H groups in total. The molecule has 0 bridgehead atoms. The second-order valence-electron chi connectivity index (χ2n) is 3.86. The van der Waals surface area contributed by atoms with Crippen molar-refractivity contribution in [3.63, 3.8) is 0 Å². The second-order valence-corrected chi connectivity index (χ2v) is 3.86. The van der Waals surface area contributed by atoms with Crippen molar-refractivity contribution >= 4 is 5.97 Å². The standard InChI is InChI=1S/C10H12N2O3/c1-5-9-6(4-8(13)14)2-3-7(9)12-10(15)11-5/h6H,2-4H2,1H3,(H,13,14)(H,11,12,15). The fourth-order valence-corrected chi connectivity index (χ4v) is 2.26. The molecule has 80 valence electrons. The van der Waals surface area contributed by atoms with Crippen LogP contribution in [0.2, 0.25) is 0 Å². The highest BCUT2D eigenvalue weighted by atomic mass is 16.4. The first kappa shape index (κ1) is 9.89. The van der Waals surface area contributed by atoms with Crippen LogP contribution in [-0.4, -0.2) is 21.0 Å². The maximum atomic E-state index is 11.1. The summed E-state index contributed by atoms with van der Waals surface area (Å²) in [5, 5.41) is 8.75. The molecule has 0 saturated carbocycles.